The van der Waals surface area contributed by atoms with Crippen LogP contribution in [0.25, 0.3) is 32.7 Å². The van der Waals surface area contributed by atoms with Crippen molar-refractivity contribution in [3.05, 3.63) is 120 Å². The zero-order chi connectivity index (χ0) is 17.8. The molecule has 6 rings (SSSR count). The van der Waals surface area contributed by atoms with Crippen LogP contribution in [0.15, 0.2) is 97.1 Å². The number of hydrogen-bond donors (Lipinski definition) is 0. The highest BCUT2D eigenvalue weighted by molar-refractivity contribution is 6.18. The van der Waals surface area contributed by atoms with Gasteiger partial charge >= 0.3 is 0 Å². The Morgan fingerprint density at radius 1 is 0.556 bits per heavy atom. The van der Waals surface area contributed by atoms with Gasteiger partial charge in [-0.05, 0) is 55.4 Å². The van der Waals surface area contributed by atoms with E-state index in [4.69, 9.17) is 0 Å². The molecule has 0 spiro atoms. The molecule has 0 heteroatoms. The summed E-state index contributed by atoms with van der Waals surface area (Å²) in [5.74, 6) is 0.229. The summed E-state index contributed by atoms with van der Waals surface area (Å²) in [5, 5.41) is 5.36. The maximum atomic E-state index is 3.50. The van der Waals surface area contributed by atoms with Crippen LogP contribution in [0, 0.1) is 6.07 Å². The quantitative estimate of drug-likeness (QED) is 0.284. The third kappa shape index (κ3) is 1.98. The van der Waals surface area contributed by atoms with Crippen LogP contribution >= 0.6 is 0 Å². The van der Waals surface area contributed by atoms with E-state index in [9.17, 15) is 0 Å². The number of rotatable bonds is 1. The van der Waals surface area contributed by atoms with Crippen LogP contribution in [0.4, 0.5) is 0 Å². The van der Waals surface area contributed by atoms with Crippen molar-refractivity contribution < 1.29 is 0 Å². The lowest BCUT2D eigenvalue weighted by Crippen LogP contribution is -2.00. The number of benzene rings is 5. The largest absolute Gasteiger partial charge is 0.0619 e. The average molecular weight is 341 g/mol. The van der Waals surface area contributed by atoms with Crippen molar-refractivity contribution in [1.82, 2.24) is 0 Å². The lowest BCUT2D eigenvalue weighted by Gasteiger charge is -2.18. The Morgan fingerprint density at radius 2 is 1.19 bits per heavy atom. The van der Waals surface area contributed by atoms with Gasteiger partial charge in [0.1, 0.15) is 0 Å². The Balaban J connectivity index is 1.86. The zero-order valence-corrected chi connectivity index (χ0v) is 14.8. The molecule has 1 aliphatic carbocycles. The minimum Gasteiger partial charge on any atom is -0.0619 e. The molecule has 5 aromatic carbocycles. The van der Waals surface area contributed by atoms with Gasteiger partial charge in [0.25, 0.3) is 0 Å². The second-order valence-electron chi connectivity index (χ2n) is 7.22. The predicted molar refractivity (Wildman–Crippen MR) is 113 cm³/mol. The minimum absolute atomic E-state index is 0.229. The van der Waals surface area contributed by atoms with Crippen molar-refractivity contribution in [3.8, 4) is 11.1 Å². The molecule has 0 N–H and O–H groups in total. The smallest absolute Gasteiger partial charge is 0.0364 e. The van der Waals surface area contributed by atoms with E-state index in [2.05, 4.69) is 91.0 Å². The summed E-state index contributed by atoms with van der Waals surface area (Å²) in [4.78, 5) is 0. The molecule has 0 nitrogen and oxygen atoms in total. The third-order valence-corrected chi connectivity index (χ3v) is 5.85. The first kappa shape index (κ1) is 14.8. The molecule has 0 fully saturated rings. The van der Waals surface area contributed by atoms with Crippen molar-refractivity contribution in [3.63, 3.8) is 0 Å². The third-order valence-electron chi connectivity index (χ3n) is 5.85. The fourth-order valence-electron chi connectivity index (χ4n) is 4.80. The van der Waals surface area contributed by atoms with E-state index in [0.717, 1.165) is 0 Å². The lowest BCUT2D eigenvalue weighted by molar-refractivity contribution is 1.02. The molecule has 0 amide bonds. The van der Waals surface area contributed by atoms with Gasteiger partial charge in [-0.3, -0.25) is 0 Å². The molecule has 0 heterocycles. The van der Waals surface area contributed by atoms with Crippen LogP contribution in [0.3, 0.4) is 0 Å². The highest BCUT2D eigenvalue weighted by atomic mass is 14.3. The van der Waals surface area contributed by atoms with Crippen molar-refractivity contribution in [2.45, 2.75) is 5.92 Å². The summed E-state index contributed by atoms with van der Waals surface area (Å²) < 4.78 is 0. The zero-order valence-electron chi connectivity index (χ0n) is 14.8. The van der Waals surface area contributed by atoms with Gasteiger partial charge in [-0.1, -0.05) is 97.1 Å². The van der Waals surface area contributed by atoms with Gasteiger partial charge < -0.3 is 0 Å². The molecule has 1 aliphatic rings. The molecular weight excluding hydrogens is 324 g/mol. The second-order valence-corrected chi connectivity index (χ2v) is 7.22. The van der Waals surface area contributed by atoms with Gasteiger partial charge in [-0.15, -0.1) is 0 Å². The number of hydrogen-bond acceptors (Lipinski definition) is 0. The van der Waals surface area contributed by atoms with E-state index in [1.807, 2.05) is 12.1 Å². The fourth-order valence-corrected chi connectivity index (χ4v) is 4.80. The van der Waals surface area contributed by atoms with Gasteiger partial charge in [0.15, 0.2) is 0 Å². The minimum atomic E-state index is 0.229. The normalized spacial score (nSPS) is 15.0. The Morgan fingerprint density at radius 3 is 1.96 bits per heavy atom. The van der Waals surface area contributed by atoms with Crippen molar-refractivity contribution in [1.29, 1.82) is 0 Å². The molecule has 1 unspecified atom stereocenters. The van der Waals surface area contributed by atoms with Gasteiger partial charge in [-0.2, -0.15) is 0 Å². The summed E-state index contributed by atoms with van der Waals surface area (Å²) in [6, 6.07) is 38.4. The first-order chi connectivity index (χ1) is 13.4. The van der Waals surface area contributed by atoms with Crippen LogP contribution < -0.4 is 0 Å². The molecular formula is C27H17. The van der Waals surface area contributed by atoms with Crippen molar-refractivity contribution in [2.75, 3.05) is 0 Å². The van der Waals surface area contributed by atoms with Crippen LogP contribution in [0.1, 0.15) is 22.6 Å². The van der Waals surface area contributed by atoms with E-state index in [0.29, 0.717) is 0 Å². The topological polar surface area (TPSA) is 0 Å². The standard InChI is InChI=1S/C27H17/c1-2-10-18(11-3-1)25-23-16-8-9-17-24(23)26-21-14-6-4-12-19(21)20-13-5-7-15-22(20)27(25)26/h1-10,12-17,25H. The number of fused-ring (bicyclic) bond motifs is 8. The van der Waals surface area contributed by atoms with Gasteiger partial charge in [0.2, 0.25) is 0 Å². The maximum absolute atomic E-state index is 3.50. The van der Waals surface area contributed by atoms with E-state index in [1.54, 1.807) is 0 Å². The second kappa shape index (κ2) is 5.56. The summed E-state index contributed by atoms with van der Waals surface area (Å²) in [5.41, 5.74) is 6.80. The Bertz CT molecular complexity index is 1310. The van der Waals surface area contributed by atoms with Crippen molar-refractivity contribution >= 4 is 21.5 Å². The molecule has 5 aromatic rings. The summed E-state index contributed by atoms with van der Waals surface area (Å²) >= 11 is 0. The monoisotopic (exact) mass is 341 g/mol. The Kier molecular flexibility index (Phi) is 3.04. The van der Waals surface area contributed by atoms with Gasteiger partial charge in [0, 0.05) is 5.92 Å². The Hall–Kier alpha value is -3.38. The predicted octanol–water partition coefficient (Wildman–Crippen LogP) is 6.95. The first-order valence-corrected chi connectivity index (χ1v) is 9.43. The molecule has 0 saturated carbocycles. The average Bonchev–Trinajstić information content (AvgIpc) is 3.10. The van der Waals surface area contributed by atoms with Crippen molar-refractivity contribution in [2.24, 2.45) is 0 Å². The highest BCUT2D eigenvalue weighted by Gasteiger charge is 2.33. The maximum Gasteiger partial charge on any atom is 0.0364 e. The first-order valence-electron chi connectivity index (χ1n) is 9.43. The SMILES string of the molecule is [c]1ccccc1C1c2ccccc2-c2c1c1ccccc1c1ccccc21. The summed E-state index contributed by atoms with van der Waals surface area (Å²) in [6.45, 7) is 0. The molecule has 0 aromatic heterocycles. The summed E-state index contributed by atoms with van der Waals surface area (Å²) in [7, 11) is 0. The van der Waals surface area contributed by atoms with Crippen LogP contribution in [0.5, 0.6) is 0 Å². The van der Waals surface area contributed by atoms with Crippen LogP contribution in [0.2, 0.25) is 0 Å². The van der Waals surface area contributed by atoms with Gasteiger partial charge in [0.05, 0.1) is 0 Å². The van der Waals surface area contributed by atoms with Crippen LogP contribution in [-0.4, -0.2) is 0 Å². The van der Waals surface area contributed by atoms with E-state index in [-0.39, 0.29) is 5.92 Å². The fraction of sp³-hybridized carbons (Fsp3) is 0.0370. The lowest BCUT2D eigenvalue weighted by atomic mass is 9.85. The molecule has 0 aliphatic heterocycles. The van der Waals surface area contributed by atoms with E-state index in [1.165, 1.54) is 49.4 Å². The molecule has 0 saturated heterocycles. The Labute approximate surface area is 158 Å². The molecule has 125 valence electrons. The van der Waals surface area contributed by atoms with E-state index < -0.39 is 0 Å². The molecule has 27 heavy (non-hydrogen) atoms. The highest BCUT2D eigenvalue weighted by Crippen LogP contribution is 2.53. The van der Waals surface area contributed by atoms with E-state index >= 15 is 0 Å². The molecule has 0 bridgehead atoms. The van der Waals surface area contributed by atoms with Crippen LogP contribution in [-0.2, 0) is 0 Å². The summed E-state index contributed by atoms with van der Waals surface area (Å²) in [6.07, 6.45) is 0. The van der Waals surface area contributed by atoms with Gasteiger partial charge in [-0.25, -0.2) is 0 Å². The molecule has 1 atom stereocenters. The molecule has 1 radical (unpaired) electrons.